The largest absolute Gasteiger partial charge is 0.353 e. The third-order valence-corrected chi connectivity index (χ3v) is 6.76. The van der Waals surface area contributed by atoms with Crippen LogP contribution in [0.2, 0.25) is 0 Å². The van der Waals surface area contributed by atoms with E-state index in [0.29, 0.717) is 12.0 Å². The van der Waals surface area contributed by atoms with Gasteiger partial charge in [-0.15, -0.1) is 23.5 Å². The third-order valence-electron chi connectivity index (χ3n) is 3.77. The van der Waals surface area contributed by atoms with E-state index in [1.807, 2.05) is 0 Å². The molecule has 2 rings (SSSR count). The van der Waals surface area contributed by atoms with Crippen LogP contribution in [0, 0.1) is 5.92 Å². The second-order valence-electron chi connectivity index (χ2n) is 5.38. The van der Waals surface area contributed by atoms with Gasteiger partial charge in [-0.3, -0.25) is 0 Å². The van der Waals surface area contributed by atoms with E-state index in [0.717, 1.165) is 17.6 Å². The van der Waals surface area contributed by atoms with E-state index in [9.17, 15) is 0 Å². The molecule has 0 aromatic rings. The minimum Gasteiger partial charge on any atom is -0.353 e. The SMILES string of the molecule is C[C@H](CC1SCCCS1)[C@@H](C)OC1CCCCO1. The molecule has 2 nitrogen and oxygen atoms in total. The molecule has 0 aromatic heterocycles. The topological polar surface area (TPSA) is 18.5 Å². The third kappa shape index (κ3) is 4.95. The van der Waals surface area contributed by atoms with Crippen molar-refractivity contribution in [3.8, 4) is 0 Å². The molecule has 0 aliphatic carbocycles. The molecule has 2 aliphatic rings. The van der Waals surface area contributed by atoms with Gasteiger partial charge in [-0.2, -0.15) is 0 Å². The lowest BCUT2D eigenvalue weighted by molar-refractivity contribution is -0.193. The Hall–Kier alpha value is 0.620. The van der Waals surface area contributed by atoms with E-state index < -0.39 is 0 Å². The summed E-state index contributed by atoms with van der Waals surface area (Å²) < 4.78 is 12.5. The van der Waals surface area contributed by atoms with E-state index in [-0.39, 0.29) is 6.29 Å². The van der Waals surface area contributed by atoms with Gasteiger partial charge in [-0.25, -0.2) is 0 Å². The Morgan fingerprint density at radius 2 is 1.94 bits per heavy atom. The highest BCUT2D eigenvalue weighted by Gasteiger charge is 2.24. The van der Waals surface area contributed by atoms with Gasteiger partial charge in [0.2, 0.25) is 0 Å². The van der Waals surface area contributed by atoms with Crippen molar-refractivity contribution in [3.63, 3.8) is 0 Å². The van der Waals surface area contributed by atoms with E-state index in [1.165, 1.54) is 37.2 Å². The molecule has 2 saturated heterocycles. The van der Waals surface area contributed by atoms with Crippen molar-refractivity contribution >= 4 is 23.5 Å². The monoisotopic (exact) mass is 290 g/mol. The van der Waals surface area contributed by atoms with Crippen molar-refractivity contribution in [1.29, 1.82) is 0 Å². The van der Waals surface area contributed by atoms with E-state index in [4.69, 9.17) is 9.47 Å². The second kappa shape index (κ2) is 8.03. The van der Waals surface area contributed by atoms with Crippen LogP contribution < -0.4 is 0 Å². The van der Waals surface area contributed by atoms with Crippen molar-refractivity contribution in [3.05, 3.63) is 0 Å². The first-order valence-electron chi connectivity index (χ1n) is 7.26. The first-order chi connectivity index (χ1) is 8.75. The van der Waals surface area contributed by atoms with E-state index in [1.54, 1.807) is 0 Å². The summed E-state index contributed by atoms with van der Waals surface area (Å²) in [6, 6.07) is 0. The molecule has 0 N–H and O–H groups in total. The van der Waals surface area contributed by atoms with Crippen LogP contribution in [0.4, 0.5) is 0 Å². The van der Waals surface area contributed by atoms with Gasteiger partial charge in [0.1, 0.15) is 0 Å². The van der Waals surface area contributed by atoms with Crippen LogP contribution in [-0.2, 0) is 9.47 Å². The molecular weight excluding hydrogens is 264 g/mol. The summed E-state index contributed by atoms with van der Waals surface area (Å²) in [5, 5.41) is 0. The summed E-state index contributed by atoms with van der Waals surface area (Å²) in [7, 11) is 0. The van der Waals surface area contributed by atoms with Gasteiger partial charge < -0.3 is 9.47 Å². The van der Waals surface area contributed by atoms with Gasteiger partial charge in [0.05, 0.1) is 10.7 Å². The minimum absolute atomic E-state index is 0.0582. The molecule has 4 heteroatoms. The standard InChI is InChI=1S/C14H26O2S2/c1-11(10-14-17-8-5-9-18-14)12(2)16-13-6-3-4-7-15-13/h11-14H,3-10H2,1-2H3/t11-,12-,13?/m1/s1. The van der Waals surface area contributed by atoms with Gasteiger partial charge >= 0.3 is 0 Å². The van der Waals surface area contributed by atoms with Crippen LogP contribution in [0.15, 0.2) is 0 Å². The van der Waals surface area contributed by atoms with Crippen LogP contribution in [0.3, 0.4) is 0 Å². The quantitative estimate of drug-likeness (QED) is 0.757. The lowest BCUT2D eigenvalue weighted by Gasteiger charge is -2.31. The Bertz CT molecular complexity index is 202. The van der Waals surface area contributed by atoms with Crippen molar-refractivity contribution < 1.29 is 9.47 Å². The van der Waals surface area contributed by atoms with Crippen molar-refractivity contribution in [2.75, 3.05) is 18.1 Å². The first kappa shape index (κ1) is 15.0. The molecule has 0 spiro atoms. The molecule has 18 heavy (non-hydrogen) atoms. The normalized spacial score (nSPS) is 30.0. The molecule has 0 aromatic carbocycles. The zero-order chi connectivity index (χ0) is 12.8. The van der Waals surface area contributed by atoms with Gasteiger partial charge in [-0.1, -0.05) is 6.92 Å². The summed E-state index contributed by atoms with van der Waals surface area (Å²) in [5.41, 5.74) is 0. The summed E-state index contributed by atoms with van der Waals surface area (Å²) >= 11 is 4.26. The predicted molar refractivity (Wildman–Crippen MR) is 81.2 cm³/mol. The highest BCUT2D eigenvalue weighted by atomic mass is 32.2. The van der Waals surface area contributed by atoms with Crippen molar-refractivity contribution in [1.82, 2.24) is 0 Å². The molecule has 3 atom stereocenters. The summed E-state index contributed by atoms with van der Waals surface area (Å²) in [4.78, 5) is 0. The maximum absolute atomic E-state index is 6.05. The molecule has 2 heterocycles. The number of rotatable bonds is 5. The average Bonchev–Trinajstić information content (AvgIpc) is 2.41. The van der Waals surface area contributed by atoms with Crippen molar-refractivity contribution in [2.24, 2.45) is 5.92 Å². The average molecular weight is 290 g/mol. The fraction of sp³-hybridized carbons (Fsp3) is 1.00. The fourth-order valence-corrected chi connectivity index (χ4v) is 5.53. The second-order valence-corrected chi connectivity index (χ2v) is 8.29. The lowest BCUT2D eigenvalue weighted by atomic mass is 10.0. The first-order valence-corrected chi connectivity index (χ1v) is 9.35. The number of hydrogen-bond acceptors (Lipinski definition) is 4. The minimum atomic E-state index is 0.0582. The summed E-state index contributed by atoms with van der Waals surface area (Å²) in [5.74, 6) is 3.30. The summed E-state index contributed by atoms with van der Waals surface area (Å²) in [6.07, 6.45) is 6.54. The van der Waals surface area contributed by atoms with Gasteiger partial charge in [0, 0.05) is 6.61 Å². The molecular formula is C14H26O2S2. The van der Waals surface area contributed by atoms with Crippen molar-refractivity contribution in [2.45, 2.75) is 62.9 Å². The van der Waals surface area contributed by atoms with Crippen LogP contribution in [0.5, 0.6) is 0 Å². The van der Waals surface area contributed by atoms with E-state index >= 15 is 0 Å². The molecule has 0 radical (unpaired) electrons. The van der Waals surface area contributed by atoms with Crippen LogP contribution in [-0.4, -0.2) is 35.1 Å². The Kier molecular flexibility index (Phi) is 6.70. The molecule has 1 unspecified atom stereocenters. The van der Waals surface area contributed by atoms with Gasteiger partial charge in [0.15, 0.2) is 6.29 Å². The van der Waals surface area contributed by atoms with Crippen LogP contribution >= 0.6 is 23.5 Å². The van der Waals surface area contributed by atoms with Gasteiger partial charge in [-0.05, 0) is 56.5 Å². The van der Waals surface area contributed by atoms with E-state index in [2.05, 4.69) is 37.4 Å². The Labute approximate surface area is 120 Å². The number of ether oxygens (including phenoxy) is 2. The number of thioether (sulfide) groups is 2. The molecule has 2 fully saturated rings. The Morgan fingerprint density at radius 1 is 1.17 bits per heavy atom. The van der Waals surface area contributed by atoms with Crippen LogP contribution in [0.1, 0.15) is 46.0 Å². The smallest absolute Gasteiger partial charge is 0.157 e. The Morgan fingerprint density at radius 3 is 2.61 bits per heavy atom. The lowest BCUT2D eigenvalue weighted by Crippen LogP contribution is -2.30. The van der Waals surface area contributed by atoms with Gasteiger partial charge in [0.25, 0.3) is 0 Å². The predicted octanol–water partition coefficient (Wildman–Crippen LogP) is 4.14. The molecule has 106 valence electrons. The Balaban J connectivity index is 1.68. The zero-order valence-electron chi connectivity index (χ0n) is 11.6. The maximum Gasteiger partial charge on any atom is 0.157 e. The van der Waals surface area contributed by atoms with Crippen LogP contribution in [0.25, 0.3) is 0 Å². The molecule has 0 bridgehead atoms. The molecule has 2 aliphatic heterocycles. The maximum atomic E-state index is 6.05. The molecule has 0 amide bonds. The highest BCUT2D eigenvalue weighted by Crippen LogP contribution is 2.36. The fourth-order valence-electron chi connectivity index (χ4n) is 2.36. The zero-order valence-corrected chi connectivity index (χ0v) is 13.2. The highest BCUT2D eigenvalue weighted by molar-refractivity contribution is 8.17. The molecule has 0 saturated carbocycles. The summed E-state index contributed by atoms with van der Waals surface area (Å²) in [6.45, 7) is 5.41. The number of hydrogen-bond donors (Lipinski definition) is 0.